The van der Waals surface area contributed by atoms with Gasteiger partial charge in [0.1, 0.15) is 0 Å². The zero-order chi connectivity index (χ0) is 16.8. The van der Waals surface area contributed by atoms with Gasteiger partial charge in [0.25, 0.3) is 0 Å². The fourth-order valence-corrected chi connectivity index (χ4v) is 4.49. The SMILES string of the molecule is CCN1C(=O)[C@@H]2[C@@H](c3cccs3)N[C@@](CO)(C(=O)OC)[C@@H]2C1=O. The Hall–Kier alpha value is -1.77. The lowest BCUT2D eigenvalue weighted by atomic mass is 9.80. The van der Waals surface area contributed by atoms with Crippen LogP contribution in [0, 0.1) is 11.8 Å². The van der Waals surface area contributed by atoms with Gasteiger partial charge in [-0.05, 0) is 18.4 Å². The summed E-state index contributed by atoms with van der Waals surface area (Å²) in [5.41, 5.74) is -1.59. The van der Waals surface area contributed by atoms with Gasteiger partial charge in [0.2, 0.25) is 11.8 Å². The van der Waals surface area contributed by atoms with E-state index in [1.165, 1.54) is 18.4 Å². The van der Waals surface area contributed by atoms with E-state index in [9.17, 15) is 19.5 Å². The Kier molecular flexibility index (Phi) is 3.99. The van der Waals surface area contributed by atoms with Crippen LogP contribution < -0.4 is 5.32 Å². The average molecular weight is 338 g/mol. The third-order valence-corrected chi connectivity index (χ3v) is 5.67. The van der Waals surface area contributed by atoms with Crippen LogP contribution in [0.1, 0.15) is 17.8 Å². The van der Waals surface area contributed by atoms with Gasteiger partial charge in [0.05, 0.1) is 31.6 Å². The van der Waals surface area contributed by atoms with Crippen LogP contribution in [-0.2, 0) is 19.1 Å². The number of esters is 1. The molecule has 124 valence electrons. The van der Waals surface area contributed by atoms with Crippen LogP contribution in [0.3, 0.4) is 0 Å². The number of hydrogen-bond donors (Lipinski definition) is 2. The minimum absolute atomic E-state index is 0.241. The van der Waals surface area contributed by atoms with Gasteiger partial charge in [-0.2, -0.15) is 0 Å². The molecule has 0 unspecified atom stereocenters. The Morgan fingerprint density at radius 2 is 2.22 bits per heavy atom. The number of aliphatic hydroxyl groups excluding tert-OH is 1. The third kappa shape index (κ3) is 2.05. The number of aliphatic hydroxyl groups is 1. The first-order valence-corrected chi connectivity index (χ1v) is 8.25. The Labute approximate surface area is 137 Å². The topological polar surface area (TPSA) is 95.9 Å². The number of rotatable bonds is 4. The van der Waals surface area contributed by atoms with Crippen LogP contribution in [0.25, 0.3) is 0 Å². The summed E-state index contributed by atoms with van der Waals surface area (Å²) in [6, 6.07) is 3.18. The predicted molar refractivity (Wildman–Crippen MR) is 81.4 cm³/mol. The molecule has 0 saturated carbocycles. The fraction of sp³-hybridized carbons (Fsp3) is 0.533. The fourth-order valence-electron chi connectivity index (χ4n) is 3.67. The summed E-state index contributed by atoms with van der Waals surface area (Å²) >= 11 is 1.43. The van der Waals surface area contributed by atoms with Crippen molar-refractivity contribution < 1.29 is 24.2 Å². The number of amides is 2. The number of likely N-dealkylation sites (tertiary alicyclic amines) is 1. The molecule has 0 spiro atoms. The van der Waals surface area contributed by atoms with Crippen molar-refractivity contribution in [3.8, 4) is 0 Å². The van der Waals surface area contributed by atoms with Crippen molar-refractivity contribution in [1.82, 2.24) is 10.2 Å². The van der Waals surface area contributed by atoms with Gasteiger partial charge in [-0.1, -0.05) is 6.07 Å². The molecule has 0 aliphatic carbocycles. The van der Waals surface area contributed by atoms with Crippen LogP contribution in [-0.4, -0.2) is 53.6 Å². The van der Waals surface area contributed by atoms with E-state index in [1.54, 1.807) is 6.92 Å². The zero-order valence-corrected chi connectivity index (χ0v) is 13.6. The second kappa shape index (κ2) is 5.70. The molecule has 0 radical (unpaired) electrons. The maximum atomic E-state index is 12.7. The van der Waals surface area contributed by atoms with Gasteiger partial charge >= 0.3 is 5.97 Å². The number of fused-ring (bicyclic) bond motifs is 1. The molecular weight excluding hydrogens is 320 g/mol. The monoisotopic (exact) mass is 338 g/mol. The second-order valence-electron chi connectivity index (χ2n) is 5.68. The first kappa shape index (κ1) is 16.1. The number of thiophene rings is 1. The molecular formula is C15H18N2O5S. The Morgan fingerprint density at radius 3 is 2.74 bits per heavy atom. The molecule has 4 atom stereocenters. The van der Waals surface area contributed by atoms with Crippen molar-refractivity contribution >= 4 is 29.1 Å². The van der Waals surface area contributed by atoms with Crippen molar-refractivity contribution in [1.29, 1.82) is 0 Å². The molecule has 2 aliphatic rings. The number of nitrogens with zero attached hydrogens (tertiary/aromatic N) is 1. The number of nitrogens with one attached hydrogen (secondary N) is 1. The summed E-state index contributed by atoms with van der Waals surface area (Å²) in [7, 11) is 1.20. The van der Waals surface area contributed by atoms with E-state index in [1.807, 2.05) is 17.5 Å². The summed E-state index contributed by atoms with van der Waals surface area (Å²) in [6.45, 7) is 1.34. The van der Waals surface area contributed by atoms with Crippen molar-refractivity contribution in [2.75, 3.05) is 20.3 Å². The first-order valence-electron chi connectivity index (χ1n) is 7.37. The lowest BCUT2D eigenvalue weighted by Gasteiger charge is -2.30. The number of carbonyl (C=O) groups excluding carboxylic acids is 3. The second-order valence-corrected chi connectivity index (χ2v) is 6.66. The minimum atomic E-state index is -1.59. The van der Waals surface area contributed by atoms with Crippen LogP contribution in [0.5, 0.6) is 0 Å². The Bertz CT molecular complexity index is 646. The molecule has 7 nitrogen and oxygen atoms in total. The van der Waals surface area contributed by atoms with Gasteiger partial charge in [-0.15, -0.1) is 11.3 Å². The maximum absolute atomic E-state index is 12.7. The quantitative estimate of drug-likeness (QED) is 0.589. The molecule has 2 aliphatic heterocycles. The van der Waals surface area contributed by atoms with Crippen LogP contribution in [0.4, 0.5) is 0 Å². The van der Waals surface area contributed by atoms with Crippen LogP contribution in [0.2, 0.25) is 0 Å². The van der Waals surface area contributed by atoms with Gasteiger partial charge in [0, 0.05) is 11.4 Å². The van der Waals surface area contributed by atoms with Gasteiger partial charge in [-0.25, -0.2) is 4.79 Å². The van der Waals surface area contributed by atoms with Crippen molar-refractivity contribution in [3.05, 3.63) is 22.4 Å². The summed E-state index contributed by atoms with van der Waals surface area (Å²) in [4.78, 5) is 39.7. The molecule has 2 saturated heterocycles. The normalized spacial score (nSPS) is 33.2. The minimum Gasteiger partial charge on any atom is -0.468 e. The number of imide groups is 1. The standard InChI is InChI=1S/C15H18N2O5S/c1-3-17-12(19)9-10(13(17)20)15(7-18,14(21)22-2)16-11(9)8-5-4-6-23-8/h4-6,9-11,16,18H,3,7H2,1-2H3/t9-,10-,11+,15+/m0/s1. The van der Waals surface area contributed by atoms with Gasteiger partial charge in [-0.3, -0.25) is 19.8 Å². The molecule has 2 amide bonds. The summed E-state index contributed by atoms with van der Waals surface area (Å²) < 4.78 is 4.81. The van der Waals surface area contributed by atoms with E-state index in [4.69, 9.17) is 4.74 Å². The summed E-state index contributed by atoms with van der Waals surface area (Å²) in [5.74, 6) is -3.15. The number of ether oxygens (including phenoxy) is 1. The van der Waals surface area contributed by atoms with Gasteiger partial charge < -0.3 is 9.84 Å². The molecule has 3 heterocycles. The van der Waals surface area contributed by atoms with E-state index in [-0.39, 0.29) is 12.5 Å². The molecule has 0 aromatic carbocycles. The highest BCUT2D eigenvalue weighted by molar-refractivity contribution is 7.10. The molecule has 1 aromatic rings. The highest BCUT2D eigenvalue weighted by Crippen LogP contribution is 2.49. The van der Waals surface area contributed by atoms with Crippen LogP contribution in [0.15, 0.2) is 17.5 Å². The molecule has 2 fully saturated rings. The van der Waals surface area contributed by atoms with Crippen molar-refractivity contribution in [3.63, 3.8) is 0 Å². The first-order chi connectivity index (χ1) is 11.0. The summed E-state index contributed by atoms with van der Waals surface area (Å²) in [5, 5.41) is 14.8. The molecule has 1 aromatic heterocycles. The largest absolute Gasteiger partial charge is 0.468 e. The number of hydrogen-bond acceptors (Lipinski definition) is 7. The lowest BCUT2D eigenvalue weighted by molar-refractivity contribution is -0.156. The average Bonchev–Trinajstić information content (AvgIpc) is 3.24. The van der Waals surface area contributed by atoms with E-state index in [0.717, 1.165) is 9.78 Å². The molecule has 8 heteroatoms. The maximum Gasteiger partial charge on any atom is 0.329 e. The Balaban J connectivity index is 2.13. The number of methoxy groups -OCH3 is 1. The highest BCUT2D eigenvalue weighted by atomic mass is 32.1. The predicted octanol–water partition coefficient (Wildman–Crippen LogP) is -0.0824. The van der Waals surface area contributed by atoms with E-state index in [2.05, 4.69) is 5.32 Å². The molecule has 3 rings (SSSR count). The Morgan fingerprint density at radius 1 is 1.48 bits per heavy atom. The third-order valence-electron chi connectivity index (χ3n) is 4.71. The smallest absolute Gasteiger partial charge is 0.329 e. The number of carbonyl (C=O) groups is 3. The van der Waals surface area contributed by atoms with Crippen LogP contribution >= 0.6 is 11.3 Å². The van der Waals surface area contributed by atoms with E-state index in [0.29, 0.717) is 0 Å². The highest BCUT2D eigenvalue weighted by Gasteiger charge is 2.68. The molecule has 23 heavy (non-hydrogen) atoms. The van der Waals surface area contributed by atoms with E-state index < -0.39 is 41.9 Å². The molecule has 0 bridgehead atoms. The lowest BCUT2D eigenvalue weighted by Crippen LogP contribution is -2.58. The van der Waals surface area contributed by atoms with E-state index >= 15 is 0 Å². The summed E-state index contributed by atoms with van der Waals surface area (Å²) in [6.07, 6.45) is 0. The van der Waals surface area contributed by atoms with Crippen molar-refractivity contribution in [2.45, 2.75) is 18.5 Å². The zero-order valence-electron chi connectivity index (χ0n) is 12.8. The van der Waals surface area contributed by atoms with Crippen molar-refractivity contribution in [2.24, 2.45) is 11.8 Å². The molecule has 2 N–H and O–H groups in total. The van der Waals surface area contributed by atoms with Gasteiger partial charge in [0.15, 0.2) is 5.54 Å².